The molecule has 120 valence electrons. The first-order valence-corrected chi connectivity index (χ1v) is 7.39. The Kier molecular flexibility index (Phi) is 5.60. The molecule has 0 spiro atoms. The van der Waals surface area contributed by atoms with E-state index in [2.05, 4.69) is 10.6 Å². The molecule has 0 radical (unpaired) electrons. The largest absolute Gasteiger partial charge is 0.476 e. The van der Waals surface area contributed by atoms with Crippen molar-refractivity contribution >= 4 is 23.5 Å². The van der Waals surface area contributed by atoms with Gasteiger partial charge in [0.2, 0.25) is 6.10 Å². The summed E-state index contributed by atoms with van der Waals surface area (Å²) < 4.78 is 5.79. The van der Waals surface area contributed by atoms with Crippen molar-refractivity contribution in [2.24, 2.45) is 0 Å². The standard InChI is InChI=1S/C17H17ClN2O3/c1-11-10-13(8-9-14(11)18)23-15(12-6-4-3-5-7-12)16(21)20-17(22)19-2/h3-10,15H,1-2H3,(H2,19,20,21,22)/t15-/m1/s1. The quantitative estimate of drug-likeness (QED) is 0.903. The molecular weight excluding hydrogens is 316 g/mol. The van der Waals surface area contributed by atoms with Gasteiger partial charge in [-0.15, -0.1) is 0 Å². The molecule has 0 saturated heterocycles. The van der Waals surface area contributed by atoms with Crippen LogP contribution in [0.5, 0.6) is 5.75 Å². The van der Waals surface area contributed by atoms with E-state index >= 15 is 0 Å². The molecule has 3 amide bonds. The second-order valence-electron chi connectivity index (χ2n) is 4.89. The van der Waals surface area contributed by atoms with Crippen molar-refractivity contribution in [2.45, 2.75) is 13.0 Å². The molecule has 5 nitrogen and oxygen atoms in total. The maximum absolute atomic E-state index is 12.3. The molecule has 2 aromatic carbocycles. The third-order valence-electron chi connectivity index (χ3n) is 3.19. The van der Waals surface area contributed by atoms with E-state index in [1.165, 1.54) is 7.05 Å². The van der Waals surface area contributed by atoms with E-state index in [1.54, 1.807) is 42.5 Å². The molecule has 6 heteroatoms. The lowest BCUT2D eigenvalue weighted by atomic mass is 10.1. The van der Waals surface area contributed by atoms with Crippen LogP contribution in [0.4, 0.5) is 4.79 Å². The predicted octanol–water partition coefficient (Wildman–Crippen LogP) is 3.22. The molecule has 0 aliphatic heterocycles. The zero-order valence-electron chi connectivity index (χ0n) is 12.8. The number of hydrogen-bond donors (Lipinski definition) is 2. The third kappa shape index (κ3) is 4.47. The van der Waals surface area contributed by atoms with E-state index in [0.717, 1.165) is 5.56 Å². The molecular formula is C17H17ClN2O3. The number of halogens is 1. The van der Waals surface area contributed by atoms with Crippen molar-refractivity contribution in [1.29, 1.82) is 0 Å². The van der Waals surface area contributed by atoms with Crippen molar-refractivity contribution in [2.75, 3.05) is 7.05 Å². The normalized spacial score (nSPS) is 11.4. The lowest BCUT2D eigenvalue weighted by Gasteiger charge is -2.19. The van der Waals surface area contributed by atoms with Gasteiger partial charge in [-0.25, -0.2) is 4.79 Å². The van der Waals surface area contributed by atoms with Crippen LogP contribution in [0.25, 0.3) is 0 Å². The average Bonchev–Trinajstić information content (AvgIpc) is 2.56. The fourth-order valence-electron chi connectivity index (χ4n) is 1.97. The van der Waals surface area contributed by atoms with Crippen LogP contribution in [0, 0.1) is 6.92 Å². The number of carbonyl (C=O) groups is 2. The smallest absolute Gasteiger partial charge is 0.321 e. The number of benzene rings is 2. The van der Waals surface area contributed by atoms with E-state index in [1.807, 2.05) is 13.0 Å². The maximum atomic E-state index is 12.3. The van der Waals surface area contributed by atoms with Gasteiger partial charge in [-0.1, -0.05) is 41.9 Å². The van der Waals surface area contributed by atoms with E-state index in [4.69, 9.17) is 16.3 Å². The van der Waals surface area contributed by atoms with E-state index in [-0.39, 0.29) is 0 Å². The highest BCUT2D eigenvalue weighted by Crippen LogP contribution is 2.26. The molecule has 1 atom stereocenters. The van der Waals surface area contributed by atoms with Crippen LogP contribution in [-0.4, -0.2) is 19.0 Å². The van der Waals surface area contributed by atoms with E-state index < -0.39 is 18.0 Å². The molecule has 2 N–H and O–H groups in total. The Morgan fingerprint density at radius 3 is 2.43 bits per heavy atom. The summed E-state index contributed by atoms with van der Waals surface area (Å²) in [4.78, 5) is 23.7. The lowest BCUT2D eigenvalue weighted by Crippen LogP contribution is -2.41. The number of rotatable bonds is 4. The Labute approximate surface area is 139 Å². The van der Waals surface area contributed by atoms with Crippen LogP contribution in [0.3, 0.4) is 0 Å². The number of ether oxygens (including phenoxy) is 1. The molecule has 0 fully saturated rings. The summed E-state index contributed by atoms with van der Waals surface area (Å²) in [6, 6.07) is 13.5. The summed E-state index contributed by atoms with van der Waals surface area (Å²) in [6.45, 7) is 1.84. The molecule has 2 aromatic rings. The first kappa shape index (κ1) is 16.8. The van der Waals surface area contributed by atoms with Gasteiger partial charge in [-0.2, -0.15) is 0 Å². The van der Waals surface area contributed by atoms with Gasteiger partial charge < -0.3 is 10.1 Å². The molecule has 0 heterocycles. The Morgan fingerprint density at radius 2 is 1.83 bits per heavy atom. The summed E-state index contributed by atoms with van der Waals surface area (Å²) in [5, 5.41) is 5.19. The summed E-state index contributed by atoms with van der Waals surface area (Å²) >= 11 is 6.00. The third-order valence-corrected chi connectivity index (χ3v) is 3.61. The van der Waals surface area contributed by atoms with Crippen molar-refractivity contribution in [1.82, 2.24) is 10.6 Å². The second kappa shape index (κ2) is 7.65. The van der Waals surface area contributed by atoms with Crippen LogP contribution >= 0.6 is 11.6 Å². The Hall–Kier alpha value is -2.53. The van der Waals surface area contributed by atoms with Gasteiger partial charge in [0.1, 0.15) is 5.75 Å². The monoisotopic (exact) mass is 332 g/mol. The number of nitrogens with one attached hydrogen (secondary N) is 2. The summed E-state index contributed by atoms with van der Waals surface area (Å²) in [6.07, 6.45) is -0.950. The van der Waals surface area contributed by atoms with Crippen LogP contribution in [-0.2, 0) is 4.79 Å². The summed E-state index contributed by atoms with van der Waals surface area (Å²) in [5.41, 5.74) is 1.48. The van der Waals surface area contributed by atoms with Crippen LogP contribution in [0.15, 0.2) is 48.5 Å². The zero-order chi connectivity index (χ0) is 16.8. The van der Waals surface area contributed by atoms with Crippen molar-refractivity contribution in [3.05, 3.63) is 64.7 Å². The molecule has 0 saturated carbocycles. The minimum absolute atomic E-state index is 0.493. The van der Waals surface area contributed by atoms with Gasteiger partial charge in [0.05, 0.1) is 0 Å². The Morgan fingerprint density at radius 1 is 1.13 bits per heavy atom. The summed E-state index contributed by atoms with van der Waals surface area (Å²) in [7, 11) is 1.43. The van der Waals surface area contributed by atoms with Gasteiger partial charge in [-0.3, -0.25) is 10.1 Å². The molecule has 0 unspecified atom stereocenters. The van der Waals surface area contributed by atoms with Gasteiger partial charge in [0.15, 0.2) is 0 Å². The molecule has 0 bridgehead atoms. The topological polar surface area (TPSA) is 67.4 Å². The Bertz CT molecular complexity index is 704. The summed E-state index contributed by atoms with van der Waals surface area (Å²) in [5.74, 6) is -0.0593. The van der Waals surface area contributed by atoms with Crippen molar-refractivity contribution in [3.8, 4) is 5.75 Å². The first-order valence-electron chi connectivity index (χ1n) is 7.01. The van der Waals surface area contributed by atoms with Gasteiger partial charge >= 0.3 is 6.03 Å². The number of urea groups is 1. The van der Waals surface area contributed by atoms with Gasteiger partial charge in [0, 0.05) is 17.6 Å². The number of aryl methyl sites for hydroxylation is 1. The average molecular weight is 333 g/mol. The second-order valence-corrected chi connectivity index (χ2v) is 5.30. The Balaban J connectivity index is 2.28. The highest BCUT2D eigenvalue weighted by Gasteiger charge is 2.24. The van der Waals surface area contributed by atoms with E-state index in [0.29, 0.717) is 16.3 Å². The maximum Gasteiger partial charge on any atom is 0.321 e. The van der Waals surface area contributed by atoms with Crippen LogP contribution in [0.1, 0.15) is 17.2 Å². The number of amides is 3. The molecule has 0 aromatic heterocycles. The number of hydrogen-bond acceptors (Lipinski definition) is 3. The molecule has 23 heavy (non-hydrogen) atoms. The van der Waals surface area contributed by atoms with Crippen LogP contribution in [0.2, 0.25) is 5.02 Å². The highest BCUT2D eigenvalue weighted by atomic mass is 35.5. The SMILES string of the molecule is CNC(=O)NC(=O)[C@H](Oc1ccc(Cl)c(C)c1)c1ccccc1. The van der Waals surface area contributed by atoms with Crippen LogP contribution < -0.4 is 15.4 Å². The minimum Gasteiger partial charge on any atom is -0.476 e. The number of imide groups is 1. The molecule has 0 aliphatic rings. The fourth-order valence-corrected chi connectivity index (χ4v) is 2.08. The minimum atomic E-state index is -0.950. The number of carbonyl (C=O) groups excluding carboxylic acids is 2. The van der Waals surface area contributed by atoms with Gasteiger partial charge in [-0.05, 0) is 30.7 Å². The highest BCUT2D eigenvalue weighted by molar-refractivity contribution is 6.31. The molecule has 2 rings (SSSR count). The first-order chi connectivity index (χ1) is 11.0. The van der Waals surface area contributed by atoms with Crippen molar-refractivity contribution in [3.63, 3.8) is 0 Å². The lowest BCUT2D eigenvalue weighted by molar-refractivity contribution is -0.127. The predicted molar refractivity (Wildman–Crippen MR) is 88.6 cm³/mol. The van der Waals surface area contributed by atoms with E-state index in [9.17, 15) is 9.59 Å². The van der Waals surface area contributed by atoms with Gasteiger partial charge in [0.25, 0.3) is 5.91 Å². The fraction of sp³-hybridized carbons (Fsp3) is 0.176. The molecule has 0 aliphatic carbocycles. The zero-order valence-corrected chi connectivity index (χ0v) is 13.6. The van der Waals surface area contributed by atoms with Crippen molar-refractivity contribution < 1.29 is 14.3 Å².